The van der Waals surface area contributed by atoms with E-state index < -0.39 is 27.4 Å². The van der Waals surface area contributed by atoms with Gasteiger partial charge in [0.15, 0.2) is 0 Å². The van der Waals surface area contributed by atoms with E-state index in [0.717, 1.165) is 15.4 Å². The zero-order valence-corrected chi connectivity index (χ0v) is 22.4. The first kappa shape index (κ1) is 27.7. The number of hydrogen-bond acceptors (Lipinski definition) is 8. The van der Waals surface area contributed by atoms with Gasteiger partial charge in [-0.2, -0.15) is 5.10 Å². The number of aryl methyl sites for hydroxylation is 2. The van der Waals surface area contributed by atoms with Crippen molar-refractivity contribution in [2.45, 2.75) is 18.7 Å². The Labute approximate surface area is 226 Å². The molecule has 1 fully saturated rings. The van der Waals surface area contributed by atoms with Crippen molar-refractivity contribution in [3.8, 4) is 0 Å². The average molecular weight is 552 g/mol. The molecule has 3 aromatic rings. The Morgan fingerprint density at radius 2 is 1.67 bits per heavy atom. The molecule has 4 rings (SSSR count). The second kappa shape index (κ2) is 12.0. The highest BCUT2D eigenvalue weighted by Gasteiger charge is 2.27. The Hall–Kier alpha value is -4.29. The molecule has 1 amide bonds. The number of nitro groups is 1. The Morgan fingerprint density at radius 3 is 2.28 bits per heavy atom. The maximum absolute atomic E-state index is 13.5. The fourth-order valence-corrected chi connectivity index (χ4v) is 5.48. The van der Waals surface area contributed by atoms with Crippen molar-refractivity contribution in [1.82, 2.24) is 5.43 Å². The van der Waals surface area contributed by atoms with Crippen LogP contribution in [0, 0.1) is 24.0 Å². The Morgan fingerprint density at radius 1 is 1.05 bits per heavy atom. The van der Waals surface area contributed by atoms with Gasteiger partial charge < -0.3 is 9.64 Å². The Bertz CT molecular complexity index is 1470. The normalized spacial score (nSPS) is 13.8. The van der Waals surface area contributed by atoms with Gasteiger partial charge in [-0.15, -0.1) is 0 Å². The molecule has 1 aliphatic rings. The number of amides is 1. The number of ether oxygens (including phenoxy) is 1. The molecule has 0 saturated carbocycles. The molecule has 1 heterocycles. The largest absolute Gasteiger partial charge is 0.378 e. The molecule has 0 aliphatic carbocycles. The van der Waals surface area contributed by atoms with Crippen LogP contribution in [0.1, 0.15) is 16.7 Å². The number of sulfonamides is 1. The fraction of sp³-hybridized carbons (Fsp3) is 0.259. The van der Waals surface area contributed by atoms with E-state index >= 15 is 0 Å². The van der Waals surface area contributed by atoms with Crippen LogP contribution >= 0.6 is 0 Å². The highest BCUT2D eigenvalue weighted by Crippen LogP contribution is 2.26. The van der Waals surface area contributed by atoms with Crippen LogP contribution in [0.5, 0.6) is 0 Å². The van der Waals surface area contributed by atoms with Gasteiger partial charge in [-0.3, -0.25) is 19.2 Å². The van der Waals surface area contributed by atoms with E-state index in [2.05, 4.69) is 10.5 Å². The van der Waals surface area contributed by atoms with Gasteiger partial charge in [0.25, 0.3) is 21.6 Å². The summed E-state index contributed by atoms with van der Waals surface area (Å²) < 4.78 is 33.4. The van der Waals surface area contributed by atoms with E-state index in [9.17, 15) is 23.3 Å². The number of morpholine rings is 1. The summed E-state index contributed by atoms with van der Waals surface area (Å²) >= 11 is 0. The highest BCUT2D eigenvalue weighted by atomic mass is 32.2. The SMILES string of the molecule is Cc1ccc(N(CC(=O)N/N=C/c2cc([N+](=O)[O-])ccc2N2CCOCC2)S(=O)(=O)c2ccc(C)cc2)cc1. The molecule has 12 heteroatoms. The van der Waals surface area contributed by atoms with Crippen LogP contribution in [0.25, 0.3) is 0 Å². The zero-order valence-electron chi connectivity index (χ0n) is 21.6. The van der Waals surface area contributed by atoms with E-state index in [1.165, 1.54) is 30.5 Å². The van der Waals surface area contributed by atoms with Gasteiger partial charge in [0.05, 0.1) is 34.9 Å². The molecule has 204 valence electrons. The van der Waals surface area contributed by atoms with Crippen LogP contribution in [0.4, 0.5) is 17.1 Å². The van der Waals surface area contributed by atoms with Crippen LogP contribution in [0.2, 0.25) is 0 Å². The maximum Gasteiger partial charge on any atom is 0.270 e. The quantitative estimate of drug-likeness (QED) is 0.245. The van der Waals surface area contributed by atoms with Crippen molar-refractivity contribution in [2.24, 2.45) is 5.10 Å². The Kier molecular flexibility index (Phi) is 8.57. The number of hydrazone groups is 1. The predicted molar refractivity (Wildman–Crippen MR) is 149 cm³/mol. The number of rotatable bonds is 9. The minimum absolute atomic E-state index is 0.0525. The van der Waals surface area contributed by atoms with Crippen LogP contribution in [0.15, 0.2) is 76.7 Å². The van der Waals surface area contributed by atoms with Crippen LogP contribution in [0.3, 0.4) is 0 Å². The van der Waals surface area contributed by atoms with Gasteiger partial charge in [-0.1, -0.05) is 35.4 Å². The van der Waals surface area contributed by atoms with Crippen molar-refractivity contribution in [3.63, 3.8) is 0 Å². The maximum atomic E-state index is 13.5. The molecule has 0 bridgehead atoms. The number of nitrogens with one attached hydrogen (secondary N) is 1. The third kappa shape index (κ3) is 6.78. The molecule has 0 spiro atoms. The first-order valence-corrected chi connectivity index (χ1v) is 13.7. The third-order valence-electron chi connectivity index (χ3n) is 6.18. The van der Waals surface area contributed by atoms with Crippen molar-refractivity contribution in [3.05, 3.63) is 93.5 Å². The van der Waals surface area contributed by atoms with E-state index in [1.807, 2.05) is 18.7 Å². The van der Waals surface area contributed by atoms with Gasteiger partial charge in [-0.25, -0.2) is 13.8 Å². The van der Waals surface area contributed by atoms with Crippen LogP contribution in [-0.2, 0) is 19.6 Å². The van der Waals surface area contributed by atoms with Gasteiger partial charge in [0.2, 0.25) is 0 Å². The zero-order chi connectivity index (χ0) is 28.0. The topological polar surface area (TPSA) is 134 Å². The highest BCUT2D eigenvalue weighted by molar-refractivity contribution is 7.92. The molecular weight excluding hydrogens is 522 g/mol. The third-order valence-corrected chi connectivity index (χ3v) is 7.97. The number of carbonyl (C=O) groups excluding carboxylic acids is 1. The lowest BCUT2D eigenvalue weighted by molar-refractivity contribution is -0.384. The van der Waals surface area contributed by atoms with E-state index in [-0.39, 0.29) is 10.6 Å². The summed E-state index contributed by atoms with van der Waals surface area (Å²) in [6.45, 7) is 5.46. The minimum atomic E-state index is -4.07. The summed E-state index contributed by atoms with van der Waals surface area (Å²) in [5.41, 5.74) is 5.57. The lowest BCUT2D eigenvalue weighted by atomic mass is 10.1. The van der Waals surface area contributed by atoms with E-state index in [1.54, 1.807) is 42.5 Å². The molecule has 0 atom stereocenters. The van der Waals surface area contributed by atoms with E-state index in [0.29, 0.717) is 43.2 Å². The van der Waals surface area contributed by atoms with Gasteiger partial charge >= 0.3 is 0 Å². The predicted octanol–water partition coefficient (Wildman–Crippen LogP) is 3.39. The monoisotopic (exact) mass is 551 g/mol. The molecule has 39 heavy (non-hydrogen) atoms. The molecule has 0 unspecified atom stereocenters. The summed E-state index contributed by atoms with van der Waals surface area (Å²) in [4.78, 5) is 25.8. The molecule has 1 N–H and O–H groups in total. The summed E-state index contributed by atoms with van der Waals surface area (Å²) in [6, 6.07) is 17.6. The van der Waals surface area contributed by atoms with E-state index in [4.69, 9.17) is 4.74 Å². The summed E-state index contributed by atoms with van der Waals surface area (Å²) in [7, 11) is -4.07. The smallest absolute Gasteiger partial charge is 0.270 e. The second-order valence-corrected chi connectivity index (χ2v) is 10.9. The van der Waals surface area contributed by atoms with Crippen molar-refractivity contribution in [2.75, 3.05) is 42.1 Å². The molecule has 1 saturated heterocycles. The first-order valence-electron chi connectivity index (χ1n) is 12.2. The number of nitrogens with zero attached hydrogens (tertiary/aromatic N) is 4. The lowest BCUT2D eigenvalue weighted by Crippen LogP contribution is -2.39. The van der Waals surface area contributed by atoms with Gasteiger partial charge in [-0.05, 0) is 44.2 Å². The van der Waals surface area contributed by atoms with Crippen molar-refractivity contribution >= 4 is 39.2 Å². The molecular formula is C27H29N5O6S. The number of hydrogen-bond donors (Lipinski definition) is 1. The number of anilines is 2. The minimum Gasteiger partial charge on any atom is -0.378 e. The molecule has 1 aliphatic heterocycles. The number of carbonyl (C=O) groups is 1. The first-order chi connectivity index (χ1) is 18.6. The van der Waals surface area contributed by atoms with Crippen LogP contribution in [-0.4, -0.2) is 58.3 Å². The molecule has 0 radical (unpaired) electrons. The van der Waals surface area contributed by atoms with Gasteiger partial charge in [0, 0.05) is 36.5 Å². The second-order valence-electron chi connectivity index (χ2n) is 9.05. The fourth-order valence-electron chi connectivity index (χ4n) is 4.05. The molecule has 0 aromatic heterocycles. The van der Waals surface area contributed by atoms with Crippen LogP contribution < -0.4 is 14.6 Å². The van der Waals surface area contributed by atoms with Crippen molar-refractivity contribution in [1.29, 1.82) is 0 Å². The summed E-state index contributed by atoms with van der Waals surface area (Å²) in [5.74, 6) is -0.680. The number of non-ortho nitro benzene ring substituents is 1. The molecule has 11 nitrogen and oxygen atoms in total. The standard InChI is InChI=1S/C27H29N5O6S/c1-20-3-7-23(8-4-20)31(39(36,37)25-10-5-21(2)6-11-25)19-27(33)29-28-18-22-17-24(32(34)35)9-12-26(22)30-13-15-38-16-14-30/h3-12,17-18H,13-16,19H2,1-2H3,(H,29,33)/b28-18+. The average Bonchev–Trinajstić information content (AvgIpc) is 2.93. The number of benzene rings is 3. The Balaban J connectivity index is 1.57. The van der Waals surface area contributed by atoms with Gasteiger partial charge in [0.1, 0.15) is 6.54 Å². The summed E-state index contributed by atoms with van der Waals surface area (Å²) in [5, 5.41) is 15.3. The summed E-state index contributed by atoms with van der Waals surface area (Å²) in [6.07, 6.45) is 1.32. The molecule has 3 aromatic carbocycles. The number of nitro benzene ring substituents is 1. The van der Waals surface area contributed by atoms with Crippen molar-refractivity contribution < 1.29 is 22.9 Å². The lowest BCUT2D eigenvalue weighted by Gasteiger charge is -2.29.